The number of aromatic nitrogens is 3. The average Bonchev–Trinajstić information content (AvgIpc) is 2.72. The Morgan fingerprint density at radius 3 is 2.52 bits per heavy atom. The molecule has 138 valence electrons. The molecule has 0 saturated carbocycles. The molecule has 1 N–H and O–H groups in total. The summed E-state index contributed by atoms with van der Waals surface area (Å²) in [5.74, 6) is -0.121. The third kappa shape index (κ3) is 5.31. The van der Waals surface area contributed by atoms with E-state index < -0.39 is 0 Å². The molecule has 0 saturated heterocycles. The van der Waals surface area contributed by atoms with E-state index in [9.17, 15) is 9.18 Å². The van der Waals surface area contributed by atoms with E-state index in [0.29, 0.717) is 19.0 Å². The fourth-order valence-corrected chi connectivity index (χ4v) is 2.48. The maximum absolute atomic E-state index is 12.9. The van der Waals surface area contributed by atoms with Crippen LogP contribution < -0.4 is 10.2 Å². The lowest BCUT2D eigenvalue weighted by Gasteiger charge is -2.17. The predicted molar refractivity (Wildman–Crippen MR) is 101 cm³/mol. The molecule has 1 aromatic carbocycles. The second-order valence-corrected chi connectivity index (χ2v) is 6.08. The largest absolute Gasteiger partial charge is 0.347 e. The zero-order valence-electron chi connectivity index (χ0n) is 15.0. The maximum Gasteiger partial charge on any atom is 0.270 e. The second-order valence-electron chi connectivity index (χ2n) is 6.08. The molecular weight excluding hydrogens is 345 g/mol. The molecule has 0 aliphatic rings. The van der Waals surface area contributed by atoms with Crippen LogP contribution in [0, 0.1) is 5.82 Å². The number of anilines is 1. The quantitative estimate of drug-likeness (QED) is 0.697. The van der Waals surface area contributed by atoms with Crippen LogP contribution in [-0.2, 0) is 13.0 Å². The standard InChI is InChI=1S/C20H20FN5O/c1-26(13-9-15-6-10-22-11-7-15)20-23-12-8-18(25-20)19(27)24-14-16-2-4-17(21)5-3-16/h2-8,10-12H,9,13-14H2,1H3,(H,24,27). The van der Waals surface area contributed by atoms with Crippen molar-refractivity contribution in [3.8, 4) is 0 Å². The molecule has 6 nitrogen and oxygen atoms in total. The first kappa shape index (κ1) is 18.4. The highest BCUT2D eigenvalue weighted by molar-refractivity contribution is 5.92. The molecule has 0 spiro atoms. The molecule has 2 heterocycles. The van der Waals surface area contributed by atoms with Gasteiger partial charge in [-0.1, -0.05) is 12.1 Å². The summed E-state index contributed by atoms with van der Waals surface area (Å²) in [7, 11) is 1.89. The SMILES string of the molecule is CN(CCc1ccncc1)c1nccc(C(=O)NCc2ccc(F)cc2)n1. The van der Waals surface area contributed by atoms with Crippen LogP contribution in [0.5, 0.6) is 0 Å². The van der Waals surface area contributed by atoms with Gasteiger partial charge in [0.25, 0.3) is 5.91 Å². The summed E-state index contributed by atoms with van der Waals surface area (Å²) in [6.07, 6.45) is 5.91. The Morgan fingerprint density at radius 2 is 1.78 bits per heavy atom. The van der Waals surface area contributed by atoms with E-state index in [1.165, 1.54) is 17.7 Å². The molecule has 0 fully saturated rings. The third-order valence-corrected chi connectivity index (χ3v) is 4.07. The molecule has 1 amide bonds. The van der Waals surface area contributed by atoms with Crippen molar-refractivity contribution in [1.82, 2.24) is 20.3 Å². The molecule has 0 atom stereocenters. The first-order valence-corrected chi connectivity index (χ1v) is 8.57. The van der Waals surface area contributed by atoms with Crippen LogP contribution in [-0.4, -0.2) is 34.5 Å². The monoisotopic (exact) mass is 365 g/mol. The Labute approximate surface area is 157 Å². The Hall–Kier alpha value is -3.35. The smallest absolute Gasteiger partial charge is 0.270 e. The first-order chi connectivity index (χ1) is 13.1. The van der Waals surface area contributed by atoms with Gasteiger partial charge in [0, 0.05) is 38.7 Å². The first-order valence-electron chi connectivity index (χ1n) is 8.57. The molecule has 0 aliphatic carbocycles. The molecule has 3 aromatic rings. The summed E-state index contributed by atoms with van der Waals surface area (Å²) < 4.78 is 12.9. The summed E-state index contributed by atoms with van der Waals surface area (Å²) >= 11 is 0. The summed E-state index contributed by atoms with van der Waals surface area (Å²) in [5, 5.41) is 2.78. The Kier molecular flexibility index (Phi) is 6.04. The van der Waals surface area contributed by atoms with Crippen LogP contribution in [0.2, 0.25) is 0 Å². The highest BCUT2D eigenvalue weighted by Gasteiger charge is 2.11. The Morgan fingerprint density at radius 1 is 1.04 bits per heavy atom. The number of benzene rings is 1. The number of carbonyl (C=O) groups excluding carboxylic acids is 1. The van der Waals surface area contributed by atoms with Gasteiger partial charge in [-0.05, 0) is 47.9 Å². The molecule has 0 unspecified atom stereocenters. The van der Waals surface area contributed by atoms with Gasteiger partial charge in [-0.25, -0.2) is 14.4 Å². The summed E-state index contributed by atoms with van der Waals surface area (Å²) in [5.41, 5.74) is 2.27. The zero-order valence-corrected chi connectivity index (χ0v) is 15.0. The van der Waals surface area contributed by atoms with E-state index in [2.05, 4.69) is 20.3 Å². The van der Waals surface area contributed by atoms with Crippen molar-refractivity contribution in [2.24, 2.45) is 0 Å². The minimum atomic E-state index is -0.305. The number of carbonyl (C=O) groups is 1. The van der Waals surface area contributed by atoms with Crippen molar-refractivity contribution in [2.45, 2.75) is 13.0 Å². The highest BCUT2D eigenvalue weighted by Crippen LogP contribution is 2.08. The van der Waals surface area contributed by atoms with Crippen LogP contribution in [0.3, 0.4) is 0 Å². The van der Waals surface area contributed by atoms with Gasteiger partial charge in [-0.15, -0.1) is 0 Å². The topological polar surface area (TPSA) is 71.0 Å². The van der Waals surface area contributed by atoms with Gasteiger partial charge in [-0.2, -0.15) is 0 Å². The van der Waals surface area contributed by atoms with E-state index in [1.54, 1.807) is 36.8 Å². The average molecular weight is 365 g/mol. The number of amides is 1. The van der Waals surface area contributed by atoms with Gasteiger partial charge in [0.15, 0.2) is 0 Å². The number of nitrogens with one attached hydrogen (secondary N) is 1. The fraction of sp³-hybridized carbons (Fsp3) is 0.200. The summed E-state index contributed by atoms with van der Waals surface area (Å²) in [4.78, 5) is 26.8. The number of hydrogen-bond acceptors (Lipinski definition) is 5. The molecule has 0 bridgehead atoms. The van der Waals surface area contributed by atoms with Gasteiger partial charge < -0.3 is 10.2 Å². The lowest BCUT2D eigenvalue weighted by molar-refractivity contribution is 0.0946. The van der Waals surface area contributed by atoms with Crippen molar-refractivity contribution in [2.75, 3.05) is 18.5 Å². The number of likely N-dealkylation sites (N-methyl/N-ethyl adjacent to an activating group) is 1. The second kappa shape index (κ2) is 8.84. The van der Waals surface area contributed by atoms with Crippen LogP contribution in [0.4, 0.5) is 10.3 Å². The minimum Gasteiger partial charge on any atom is -0.347 e. The minimum absolute atomic E-state index is 0.290. The molecule has 3 rings (SSSR count). The van der Waals surface area contributed by atoms with E-state index in [1.807, 2.05) is 24.1 Å². The van der Waals surface area contributed by atoms with E-state index in [4.69, 9.17) is 0 Å². The van der Waals surface area contributed by atoms with Crippen LogP contribution in [0.15, 0.2) is 61.1 Å². The zero-order chi connectivity index (χ0) is 19.1. The molecule has 27 heavy (non-hydrogen) atoms. The van der Waals surface area contributed by atoms with Crippen LogP contribution in [0.1, 0.15) is 21.6 Å². The van der Waals surface area contributed by atoms with E-state index >= 15 is 0 Å². The van der Waals surface area contributed by atoms with Crippen molar-refractivity contribution >= 4 is 11.9 Å². The number of hydrogen-bond donors (Lipinski definition) is 1. The fourth-order valence-electron chi connectivity index (χ4n) is 2.48. The van der Waals surface area contributed by atoms with Gasteiger partial charge in [0.1, 0.15) is 11.5 Å². The van der Waals surface area contributed by atoms with E-state index in [-0.39, 0.29) is 17.4 Å². The number of pyridine rings is 1. The van der Waals surface area contributed by atoms with Gasteiger partial charge in [0.2, 0.25) is 5.95 Å². The third-order valence-electron chi connectivity index (χ3n) is 4.07. The van der Waals surface area contributed by atoms with Gasteiger partial charge in [-0.3, -0.25) is 9.78 Å². The highest BCUT2D eigenvalue weighted by atomic mass is 19.1. The maximum atomic E-state index is 12.9. The van der Waals surface area contributed by atoms with Crippen molar-refractivity contribution in [3.05, 3.63) is 83.7 Å². The summed E-state index contributed by atoms with van der Waals surface area (Å²) in [6, 6.07) is 11.5. The Balaban J connectivity index is 1.58. The molecule has 0 radical (unpaired) electrons. The molecular formula is C20H20FN5O. The van der Waals surface area contributed by atoms with Crippen molar-refractivity contribution in [3.63, 3.8) is 0 Å². The number of nitrogens with zero attached hydrogens (tertiary/aromatic N) is 4. The van der Waals surface area contributed by atoms with Gasteiger partial charge in [0.05, 0.1) is 0 Å². The molecule has 0 aliphatic heterocycles. The predicted octanol–water partition coefficient (Wildman–Crippen LogP) is 2.62. The normalized spacial score (nSPS) is 10.4. The number of rotatable bonds is 7. The summed E-state index contributed by atoms with van der Waals surface area (Å²) in [6.45, 7) is 1.01. The van der Waals surface area contributed by atoms with Gasteiger partial charge >= 0.3 is 0 Å². The van der Waals surface area contributed by atoms with Crippen LogP contribution in [0.25, 0.3) is 0 Å². The Bertz CT molecular complexity index is 886. The van der Waals surface area contributed by atoms with Crippen LogP contribution >= 0.6 is 0 Å². The lowest BCUT2D eigenvalue weighted by Crippen LogP contribution is -2.27. The molecule has 2 aromatic heterocycles. The lowest BCUT2D eigenvalue weighted by atomic mass is 10.2. The number of halogens is 1. The van der Waals surface area contributed by atoms with E-state index in [0.717, 1.165) is 12.0 Å². The van der Waals surface area contributed by atoms with Crippen molar-refractivity contribution < 1.29 is 9.18 Å². The molecule has 7 heteroatoms. The van der Waals surface area contributed by atoms with Crippen molar-refractivity contribution in [1.29, 1.82) is 0 Å².